The molecule has 1 aliphatic rings. The lowest BCUT2D eigenvalue weighted by Crippen LogP contribution is -2.47. The monoisotopic (exact) mass is 525 g/mol. The standard InChI is InChI=1S/C18H28BrN3O2.HI/c1-4-20-18(22-10-8-15(9-11-22)24-5-2)21-13-14-6-7-17(23-3)16(19)12-14;/h6-7,12,15H,4-5,8-11,13H2,1-3H3,(H,20,21);1H. The van der Waals surface area contributed by atoms with Gasteiger partial charge in [-0.2, -0.15) is 0 Å². The normalized spacial score (nSPS) is 15.7. The molecule has 5 nitrogen and oxygen atoms in total. The molecule has 0 amide bonds. The van der Waals surface area contributed by atoms with Gasteiger partial charge in [0.1, 0.15) is 5.75 Å². The number of methoxy groups -OCH3 is 1. The zero-order chi connectivity index (χ0) is 17.4. The van der Waals surface area contributed by atoms with Gasteiger partial charge >= 0.3 is 0 Å². The number of aliphatic imine (C=N–C) groups is 1. The fraction of sp³-hybridized carbons (Fsp3) is 0.611. The first kappa shape index (κ1) is 22.5. The quantitative estimate of drug-likeness (QED) is 0.346. The number of hydrogen-bond donors (Lipinski definition) is 1. The number of halogens is 2. The highest BCUT2D eigenvalue weighted by Gasteiger charge is 2.21. The average Bonchev–Trinajstić information content (AvgIpc) is 2.60. The van der Waals surface area contributed by atoms with Crippen LogP contribution >= 0.6 is 39.9 Å². The summed E-state index contributed by atoms with van der Waals surface area (Å²) < 4.78 is 12.0. The predicted molar refractivity (Wildman–Crippen MR) is 117 cm³/mol. The van der Waals surface area contributed by atoms with E-state index in [9.17, 15) is 0 Å². The Kier molecular flexibility index (Phi) is 10.8. The molecule has 1 N–H and O–H groups in total. The summed E-state index contributed by atoms with van der Waals surface area (Å²) in [5.74, 6) is 1.83. The van der Waals surface area contributed by atoms with Crippen molar-refractivity contribution in [2.45, 2.75) is 39.3 Å². The highest BCUT2D eigenvalue weighted by Crippen LogP contribution is 2.25. The third-order valence-electron chi connectivity index (χ3n) is 4.11. The second-order valence-electron chi connectivity index (χ2n) is 5.78. The smallest absolute Gasteiger partial charge is 0.194 e. The minimum Gasteiger partial charge on any atom is -0.496 e. The average molecular weight is 526 g/mol. The van der Waals surface area contributed by atoms with Gasteiger partial charge < -0.3 is 19.7 Å². The third kappa shape index (κ3) is 6.94. The Hall–Kier alpha value is -0.540. The van der Waals surface area contributed by atoms with Crippen molar-refractivity contribution < 1.29 is 9.47 Å². The molecule has 1 saturated heterocycles. The van der Waals surface area contributed by atoms with Crippen LogP contribution in [-0.4, -0.2) is 50.3 Å². The molecule has 1 heterocycles. The molecule has 142 valence electrons. The number of rotatable bonds is 6. The maximum Gasteiger partial charge on any atom is 0.194 e. The maximum atomic E-state index is 5.73. The molecule has 0 bridgehead atoms. The number of nitrogens with zero attached hydrogens (tertiary/aromatic N) is 2. The van der Waals surface area contributed by atoms with Gasteiger partial charge in [-0.3, -0.25) is 0 Å². The molecule has 7 heteroatoms. The number of likely N-dealkylation sites (tertiary alicyclic amines) is 1. The molecule has 2 rings (SSSR count). The molecule has 1 fully saturated rings. The van der Waals surface area contributed by atoms with Gasteiger partial charge in [-0.25, -0.2) is 4.99 Å². The summed E-state index contributed by atoms with van der Waals surface area (Å²) in [5, 5.41) is 3.41. The highest BCUT2D eigenvalue weighted by molar-refractivity contribution is 14.0. The molecule has 0 spiro atoms. The van der Waals surface area contributed by atoms with Crippen LogP contribution in [0.4, 0.5) is 0 Å². The van der Waals surface area contributed by atoms with E-state index in [4.69, 9.17) is 14.5 Å². The van der Waals surface area contributed by atoms with Crippen molar-refractivity contribution >= 4 is 45.9 Å². The number of hydrogen-bond acceptors (Lipinski definition) is 3. The number of nitrogens with one attached hydrogen (secondary N) is 1. The van der Waals surface area contributed by atoms with Crippen molar-refractivity contribution in [2.24, 2.45) is 4.99 Å². The van der Waals surface area contributed by atoms with Crippen molar-refractivity contribution in [3.05, 3.63) is 28.2 Å². The van der Waals surface area contributed by atoms with Crippen LogP contribution in [0.5, 0.6) is 5.75 Å². The number of ether oxygens (including phenoxy) is 2. The summed E-state index contributed by atoms with van der Waals surface area (Å²) >= 11 is 3.53. The summed E-state index contributed by atoms with van der Waals surface area (Å²) in [7, 11) is 1.67. The van der Waals surface area contributed by atoms with Crippen molar-refractivity contribution in [3.8, 4) is 5.75 Å². The van der Waals surface area contributed by atoms with Crippen LogP contribution in [0.25, 0.3) is 0 Å². The Morgan fingerprint density at radius 2 is 2.04 bits per heavy atom. The van der Waals surface area contributed by atoms with Crippen molar-refractivity contribution in [2.75, 3.05) is 33.4 Å². The molecule has 1 aliphatic heterocycles. The zero-order valence-electron chi connectivity index (χ0n) is 15.3. The Balaban J connectivity index is 0.00000312. The van der Waals surface area contributed by atoms with Gasteiger partial charge in [0.2, 0.25) is 0 Å². The second-order valence-corrected chi connectivity index (χ2v) is 6.64. The number of piperidine rings is 1. The van der Waals surface area contributed by atoms with Crippen molar-refractivity contribution in [1.82, 2.24) is 10.2 Å². The second kappa shape index (κ2) is 12.0. The lowest BCUT2D eigenvalue weighted by Gasteiger charge is -2.34. The molecular weight excluding hydrogens is 497 g/mol. The van der Waals surface area contributed by atoms with Crippen molar-refractivity contribution in [1.29, 1.82) is 0 Å². The highest BCUT2D eigenvalue weighted by atomic mass is 127. The first-order chi connectivity index (χ1) is 11.7. The maximum absolute atomic E-state index is 5.73. The van der Waals surface area contributed by atoms with Gasteiger partial charge in [-0.1, -0.05) is 6.07 Å². The van der Waals surface area contributed by atoms with Gasteiger partial charge in [-0.15, -0.1) is 24.0 Å². The summed E-state index contributed by atoms with van der Waals surface area (Å²) in [6, 6.07) is 6.08. The molecule has 0 saturated carbocycles. The molecule has 0 atom stereocenters. The Morgan fingerprint density at radius 1 is 1.32 bits per heavy atom. The van der Waals surface area contributed by atoms with Crippen LogP contribution in [0, 0.1) is 0 Å². The summed E-state index contributed by atoms with van der Waals surface area (Å²) in [5.41, 5.74) is 1.15. The van der Waals surface area contributed by atoms with Gasteiger partial charge in [0.15, 0.2) is 5.96 Å². The van der Waals surface area contributed by atoms with Crippen LogP contribution in [0.3, 0.4) is 0 Å². The van der Waals surface area contributed by atoms with Crippen LogP contribution in [0.1, 0.15) is 32.3 Å². The van der Waals surface area contributed by atoms with Gasteiger partial charge in [0.05, 0.1) is 24.2 Å². The Bertz CT molecular complexity index is 549. The van der Waals surface area contributed by atoms with Gasteiger partial charge in [-0.05, 0) is 60.3 Å². The Morgan fingerprint density at radius 3 is 2.60 bits per heavy atom. The first-order valence-electron chi connectivity index (χ1n) is 8.65. The lowest BCUT2D eigenvalue weighted by molar-refractivity contribution is 0.0263. The molecular formula is C18H29BrIN3O2. The summed E-state index contributed by atoms with van der Waals surface area (Å²) in [6.45, 7) is 8.46. The zero-order valence-corrected chi connectivity index (χ0v) is 19.2. The van der Waals surface area contributed by atoms with Gasteiger partial charge in [0, 0.05) is 26.2 Å². The van der Waals surface area contributed by atoms with Gasteiger partial charge in [0.25, 0.3) is 0 Å². The first-order valence-corrected chi connectivity index (χ1v) is 9.44. The van der Waals surface area contributed by atoms with Crippen molar-refractivity contribution in [3.63, 3.8) is 0 Å². The third-order valence-corrected chi connectivity index (χ3v) is 4.73. The molecule has 25 heavy (non-hydrogen) atoms. The fourth-order valence-electron chi connectivity index (χ4n) is 2.87. The molecule has 1 aromatic carbocycles. The largest absolute Gasteiger partial charge is 0.496 e. The van der Waals surface area contributed by atoms with E-state index in [0.717, 1.165) is 60.8 Å². The van der Waals surface area contributed by atoms with Crippen LogP contribution in [0.15, 0.2) is 27.7 Å². The lowest BCUT2D eigenvalue weighted by atomic mass is 10.1. The van der Waals surface area contributed by atoms with E-state index in [1.165, 1.54) is 0 Å². The van der Waals surface area contributed by atoms with E-state index in [2.05, 4.69) is 52.1 Å². The molecule has 0 unspecified atom stereocenters. The molecule has 0 aliphatic carbocycles. The SMILES string of the molecule is CCNC(=NCc1ccc(OC)c(Br)c1)N1CCC(OCC)CC1.I. The number of benzene rings is 1. The van der Waals surface area contributed by atoms with Crippen LogP contribution < -0.4 is 10.1 Å². The van der Waals surface area contributed by atoms with Crippen LogP contribution in [0.2, 0.25) is 0 Å². The molecule has 0 aromatic heterocycles. The van der Waals surface area contributed by atoms with Crippen LogP contribution in [-0.2, 0) is 11.3 Å². The Labute approximate surface area is 176 Å². The van der Waals surface area contributed by atoms with E-state index in [1.807, 2.05) is 6.07 Å². The summed E-state index contributed by atoms with van der Waals surface area (Å²) in [6.07, 6.45) is 2.52. The van der Waals surface area contributed by atoms with E-state index < -0.39 is 0 Å². The minimum absolute atomic E-state index is 0. The topological polar surface area (TPSA) is 46.1 Å². The predicted octanol–water partition coefficient (Wildman–Crippen LogP) is 4.04. The molecule has 1 aromatic rings. The van der Waals surface area contributed by atoms with E-state index in [1.54, 1.807) is 7.11 Å². The van der Waals surface area contributed by atoms with E-state index in [-0.39, 0.29) is 24.0 Å². The number of guanidine groups is 1. The minimum atomic E-state index is 0. The van der Waals surface area contributed by atoms with E-state index >= 15 is 0 Å². The fourth-order valence-corrected chi connectivity index (χ4v) is 3.46. The molecule has 0 radical (unpaired) electrons. The summed E-state index contributed by atoms with van der Waals surface area (Å²) in [4.78, 5) is 7.13. The van der Waals surface area contributed by atoms with E-state index in [0.29, 0.717) is 12.6 Å².